The molecule has 0 aromatic heterocycles. The van der Waals surface area contributed by atoms with Gasteiger partial charge in [0.15, 0.2) is 5.78 Å². The van der Waals surface area contributed by atoms with Crippen LogP contribution in [0.1, 0.15) is 34.5 Å². The van der Waals surface area contributed by atoms with Gasteiger partial charge in [-0.15, -0.1) is 5.11 Å². The molecule has 1 atom stereocenters. The highest BCUT2D eigenvalue weighted by Crippen LogP contribution is 2.26. The number of azo groups is 1. The number of ether oxygens (including phenoxy) is 1. The Bertz CT molecular complexity index is 829. The molecular weight excluding hydrogens is 347 g/mol. The third kappa shape index (κ3) is 3.66. The second-order valence-electron chi connectivity index (χ2n) is 5.30. The van der Waals surface area contributed by atoms with Gasteiger partial charge in [-0.25, -0.2) is 0 Å². The molecule has 2 aromatic carbocycles. The minimum absolute atomic E-state index is 0.149. The molecule has 0 bridgehead atoms. The summed E-state index contributed by atoms with van der Waals surface area (Å²) < 4.78 is 5.69. The highest BCUT2D eigenvalue weighted by atomic mass is 35.5. The molecule has 1 unspecified atom stereocenters. The van der Waals surface area contributed by atoms with Crippen LogP contribution >= 0.6 is 23.2 Å². The van der Waals surface area contributed by atoms with Gasteiger partial charge in [0.25, 0.3) is 0 Å². The molecule has 2 aromatic rings. The van der Waals surface area contributed by atoms with E-state index in [0.717, 1.165) is 5.56 Å². The Labute approximate surface area is 149 Å². The summed E-state index contributed by atoms with van der Waals surface area (Å²) >= 11 is 12.0. The van der Waals surface area contributed by atoms with Crippen LogP contribution in [0.25, 0.3) is 0 Å². The third-order valence-corrected chi connectivity index (χ3v) is 4.18. The largest absolute Gasteiger partial charge is 0.469 e. The van der Waals surface area contributed by atoms with Gasteiger partial charge in [0.1, 0.15) is 6.10 Å². The smallest absolute Gasteiger partial charge is 0.231 e. The first-order valence-corrected chi connectivity index (χ1v) is 8.14. The van der Waals surface area contributed by atoms with Gasteiger partial charge in [-0.1, -0.05) is 47.5 Å². The molecule has 1 aliphatic rings. The van der Waals surface area contributed by atoms with Crippen molar-refractivity contribution in [2.45, 2.75) is 13.0 Å². The lowest BCUT2D eigenvalue weighted by Gasteiger charge is -2.14. The predicted octanol–water partition coefficient (Wildman–Crippen LogP) is 5.61. The molecule has 0 aliphatic carbocycles. The van der Waals surface area contributed by atoms with Gasteiger partial charge in [-0.2, -0.15) is 5.11 Å². The van der Waals surface area contributed by atoms with Crippen molar-refractivity contribution in [2.75, 3.05) is 6.54 Å². The van der Waals surface area contributed by atoms with E-state index in [-0.39, 0.29) is 11.9 Å². The van der Waals surface area contributed by atoms with Crippen molar-refractivity contribution < 1.29 is 9.53 Å². The zero-order valence-electron chi connectivity index (χ0n) is 12.9. The van der Waals surface area contributed by atoms with Crippen LogP contribution in [0.15, 0.2) is 64.7 Å². The van der Waals surface area contributed by atoms with Crippen molar-refractivity contribution in [1.82, 2.24) is 0 Å². The second kappa shape index (κ2) is 7.16. The fourth-order valence-electron chi connectivity index (χ4n) is 2.33. The summed E-state index contributed by atoms with van der Waals surface area (Å²) in [5.74, 6) is 0.375. The van der Waals surface area contributed by atoms with Crippen LogP contribution in [0.5, 0.6) is 0 Å². The lowest BCUT2D eigenvalue weighted by atomic mass is 10.0. The molecule has 0 spiro atoms. The van der Waals surface area contributed by atoms with Crippen LogP contribution in [-0.4, -0.2) is 12.3 Å². The maximum Gasteiger partial charge on any atom is 0.231 e. The van der Waals surface area contributed by atoms with Crippen LogP contribution < -0.4 is 0 Å². The molecule has 1 aliphatic heterocycles. The Morgan fingerprint density at radius 1 is 1.17 bits per heavy atom. The van der Waals surface area contributed by atoms with Gasteiger partial charge in [0, 0.05) is 22.2 Å². The van der Waals surface area contributed by atoms with Gasteiger partial charge < -0.3 is 4.74 Å². The molecule has 0 fully saturated rings. The zero-order chi connectivity index (χ0) is 17.1. The SMILES string of the molecule is CC(OC1=CCN=N1)c1ccc(C(=O)c2ccc(Cl)cc2Cl)cc1. The van der Waals surface area contributed by atoms with E-state index in [0.29, 0.717) is 33.6 Å². The first-order valence-electron chi connectivity index (χ1n) is 7.38. The Morgan fingerprint density at radius 3 is 2.54 bits per heavy atom. The van der Waals surface area contributed by atoms with E-state index in [1.807, 2.05) is 25.1 Å². The number of rotatable bonds is 5. The van der Waals surface area contributed by atoms with Crippen molar-refractivity contribution in [3.05, 3.63) is 81.2 Å². The molecule has 0 saturated carbocycles. The van der Waals surface area contributed by atoms with Crippen LogP contribution in [0, 0.1) is 0 Å². The van der Waals surface area contributed by atoms with E-state index in [9.17, 15) is 4.79 Å². The van der Waals surface area contributed by atoms with Crippen molar-refractivity contribution in [3.63, 3.8) is 0 Å². The highest BCUT2D eigenvalue weighted by Gasteiger charge is 2.15. The Balaban J connectivity index is 1.76. The topological polar surface area (TPSA) is 51.0 Å². The number of carbonyl (C=O) groups excluding carboxylic acids is 1. The molecule has 1 heterocycles. The van der Waals surface area contributed by atoms with Crippen LogP contribution in [-0.2, 0) is 4.74 Å². The lowest BCUT2D eigenvalue weighted by Crippen LogP contribution is -2.04. The average Bonchev–Trinajstić information content (AvgIpc) is 3.07. The number of hydrogen-bond acceptors (Lipinski definition) is 4. The standard InChI is InChI=1S/C18H14Cl2N2O2/c1-11(24-17-8-9-21-22-17)12-2-4-13(5-3-12)18(23)15-7-6-14(19)10-16(15)20/h2-8,10-11H,9H2,1H3. The van der Waals surface area contributed by atoms with Gasteiger partial charge in [0.05, 0.1) is 11.6 Å². The summed E-state index contributed by atoms with van der Waals surface area (Å²) in [4.78, 5) is 12.5. The molecule has 0 amide bonds. The first kappa shape index (κ1) is 16.7. The summed E-state index contributed by atoms with van der Waals surface area (Å²) in [5.41, 5.74) is 1.92. The van der Waals surface area contributed by atoms with Crippen molar-refractivity contribution in [3.8, 4) is 0 Å². The van der Waals surface area contributed by atoms with E-state index in [4.69, 9.17) is 27.9 Å². The van der Waals surface area contributed by atoms with Gasteiger partial charge >= 0.3 is 0 Å². The van der Waals surface area contributed by atoms with Crippen LogP contribution in [0.2, 0.25) is 10.0 Å². The first-order chi connectivity index (χ1) is 11.5. The molecule has 0 radical (unpaired) electrons. The molecule has 4 nitrogen and oxygen atoms in total. The second-order valence-corrected chi connectivity index (χ2v) is 6.15. The average molecular weight is 361 g/mol. The quantitative estimate of drug-likeness (QED) is 0.650. The van der Waals surface area contributed by atoms with Gasteiger partial charge in [-0.3, -0.25) is 4.79 Å². The molecular formula is C18H14Cl2N2O2. The number of halogens is 2. The summed E-state index contributed by atoms with van der Waals surface area (Å²) in [7, 11) is 0. The van der Waals surface area contributed by atoms with Crippen LogP contribution in [0.3, 0.4) is 0 Å². The maximum atomic E-state index is 12.5. The summed E-state index contributed by atoms with van der Waals surface area (Å²) in [6.45, 7) is 2.47. The van der Waals surface area contributed by atoms with E-state index < -0.39 is 0 Å². The highest BCUT2D eigenvalue weighted by molar-refractivity contribution is 6.37. The molecule has 0 N–H and O–H groups in total. The molecule has 3 rings (SSSR count). The molecule has 6 heteroatoms. The maximum absolute atomic E-state index is 12.5. The monoisotopic (exact) mass is 360 g/mol. The number of carbonyl (C=O) groups is 1. The number of nitrogens with zero attached hydrogens (tertiary/aromatic N) is 2. The fraction of sp³-hybridized carbons (Fsp3) is 0.167. The summed E-state index contributed by atoms with van der Waals surface area (Å²) in [6.07, 6.45) is 1.63. The minimum Gasteiger partial charge on any atom is -0.469 e. The summed E-state index contributed by atoms with van der Waals surface area (Å²) in [6, 6.07) is 12.1. The fourth-order valence-corrected chi connectivity index (χ4v) is 2.82. The predicted molar refractivity (Wildman–Crippen MR) is 93.6 cm³/mol. The van der Waals surface area contributed by atoms with Crippen molar-refractivity contribution >= 4 is 29.0 Å². The normalized spacial score (nSPS) is 14.4. The molecule has 0 saturated heterocycles. The summed E-state index contributed by atoms with van der Waals surface area (Å²) in [5, 5.41) is 8.56. The number of benzene rings is 2. The number of hydrogen-bond donors (Lipinski definition) is 0. The van der Waals surface area contributed by atoms with E-state index in [2.05, 4.69) is 10.2 Å². The molecule has 24 heavy (non-hydrogen) atoms. The van der Waals surface area contributed by atoms with Crippen molar-refractivity contribution in [2.24, 2.45) is 10.2 Å². The number of ketones is 1. The van der Waals surface area contributed by atoms with Crippen LogP contribution in [0.4, 0.5) is 0 Å². The van der Waals surface area contributed by atoms with Crippen molar-refractivity contribution in [1.29, 1.82) is 0 Å². The molecule has 122 valence electrons. The van der Waals surface area contributed by atoms with E-state index in [1.165, 1.54) is 0 Å². The zero-order valence-corrected chi connectivity index (χ0v) is 14.4. The Morgan fingerprint density at radius 2 is 1.92 bits per heavy atom. The Hall–Kier alpha value is -2.17. The van der Waals surface area contributed by atoms with Gasteiger partial charge in [-0.05, 0) is 30.7 Å². The lowest BCUT2D eigenvalue weighted by molar-refractivity contribution is 0.103. The van der Waals surface area contributed by atoms with E-state index >= 15 is 0 Å². The third-order valence-electron chi connectivity index (χ3n) is 3.63. The van der Waals surface area contributed by atoms with Gasteiger partial charge in [0.2, 0.25) is 5.88 Å². The Kier molecular flexibility index (Phi) is 4.97. The van der Waals surface area contributed by atoms with E-state index in [1.54, 1.807) is 30.3 Å². The minimum atomic E-state index is -0.184.